The fraction of sp³-hybridized carbons (Fsp3) is 0.786. The first-order valence-corrected chi connectivity index (χ1v) is 7.70. The molecule has 0 aliphatic rings. The maximum Gasteiger partial charge on any atom is 0.227 e. The third-order valence-electron chi connectivity index (χ3n) is 3.01. The molecule has 1 aromatic heterocycles. The number of nitrogens with zero attached hydrogens (tertiary/aromatic N) is 4. The van der Waals surface area contributed by atoms with Crippen molar-refractivity contribution in [3.63, 3.8) is 0 Å². The van der Waals surface area contributed by atoms with E-state index in [-0.39, 0.29) is 0 Å². The molecule has 20 heavy (non-hydrogen) atoms. The molecule has 1 N–H and O–H groups in total. The van der Waals surface area contributed by atoms with E-state index < -0.39 is 0 Å². The minimum Gasteiger partial charge on any atom is -0.352 e. The average molecular weight is 297 g/mol. The summed E-state index contributed by atoms with van der Waals surface area (Å²) in [4.78, 5) is 15.4. The second kappa shape index (κ2) is 7.78. The molecule has 1 rings (SSSR count). The van der Waals surface area contributed by atoms with E-state index in [0.29, 0.717) is 29.2 Å². The molecule has 0 unspecified atom stereocenters. The Labute approximate surface area is 128 Å². The summed E-state index contributed by atoms with van der Waals surface area (Å²) in [6, 6.07) is 1.32. The normalized spacial score (nSPS) is 11.9. The molecule has 0 spiro atoms. The van der Waals surface area contributed by atoms with Crippen LogP contribution in [0.3, 0.4) is 0 Å². The number of aromatic nitrogens is 3. The standard InChI is InChI=1S/C14H27N5S/c1-9(2)15-13-16-12(17-14(20)18-13)7-8-19(10(3)4)11(5)6/h9-11H,7-8H2,1-6H3,(H2,15,16,17,18,20). The SMILES string of the molecule is CC(C)Nc1nc(S)nc(CCN(C(C)C)C(C)C)n1. The van der Waals surface area contributed by atoms with Crippen molar-refractivity contribution in [2.45, 2.75) is 71.2 Å². The van der Waals surface area contributed by atoms with Crippen LogP contribution in [0, 0.1) is 0 Å². The highest BCUT2D eigenvalue weighted by Crippen LogP contribution is 2.09. The Hall–Kier alpha value is -0.880. The van der Waals surface area contributed by atoms with Crippen molar-refractivity contribution >= 4 is 18.6 Å². The van der Waals surface area contributed by atoms with Gasteiger partial charge in [0.25, 0.3) is 0 Å². The van der Waals surface area contributed by atoms with Gasteiger partial charge in [-0.3, -0.25) is 4.90 Å². The molecular formula is C14H27N5S. The Bertz CT molecular complexity index is 412. The van der Waals surface area contributed by atoms with E-state index in [1.165, 1.54) is 0 Å². The topological polar surface area (TPSA) is 53.9 Å². The van der Waals surface area contributed by atoms with Crippen molar-refractivity contribution in [2.75, 3.05) is 11.9 Å². The number of nitrogens with one attached hydrogen (secondary N) is 1. The molecule has 0 radical (unpaired) electrons. The van der Waals surface area contributed by atoms with Crippen LogP contribution in [0.1, 0.15) is 47.4 Å². The molecule has 0 bridgehead atoms. The van der Waals surface area contributed by atoms with Crippen LogP contribution in [0.5, 0.6) is 0 Å². The number of thiol groups is 1. The fourth-order valence-electron chi connectivity index (χ4n) is 2.18. The molecule has 0 aliphatic heterocycles. The summed E-state index contributed by atoms with van der Waals surface area (Å²) >= 11 is 4.26. The van der Waals surface area contributed by atoms with Gasteiger partial charge in [-0.2, -0.15) is 9.97 Å². The lowest BCUT2D eigenvalue weighted by Gasteiger charge is -2.30. The van der Waals surface area contributed by atoms with Gasteiger partial charge in [0.15, 0.2) is 5.16 Å². The predicted molar refractivity (Wildman–Crippen MR) is 86.5 cm³/mol. The molecule has 0 aliphatic carbocycles. The molecule has 0 atom stereocenters. The molecule has 1 aromatic rings. The van der Waals surface area contributed by atoms with Crippen LogP contribution in [0.25, 0.3) is 0 Å². The van der Waals surface area contributed by atoms with Crippen molar-refractivity contribution in [3.05, 3.63) is 5.82 Å². The Morgan fingerprint density at radius 1 is 1.00 bits per heavy atom. The zero-order valence-corrected chi connectivity index (χ0v) is 14.3. The fourth-order valence-corrected chi connectivity index (χ4v) is 2.39. The van der Waals surface area contributed by atoms with Gasteiger partial charge >= 0.3 is 0 Å². The molecule has 0 amide bonds. The van der Waals surface area contributed by atoms with Crippen LogP contribution in [0.4, 0.5) is 5.95 Å². The second-order valence-corrected chi connectivity index (χ2v) is 6.25. The van der Waals surface area contributed by atoms with Crippen molar-refractivity contribution in [2.24, 2.45) is 0 Å². The van der Waals surface area contributed by atoms with E-state index in [9.17, 15) is 0 Å². The first-order valence-electron chi connectivity index (χ1n) is 7.25. The zero-order valence-electron chi connectivity index (χ0n) is 13.4. The van der Waals surface area contributed by atoms with Gasteiger partial charge in [0.05, 0.1) is 0 Å². The van der Waals surface area contributed by atoms with Crippen LogP contribution in [-0.2, 0) is 6.42 Å². The van der Waals surface area contributed by atoms with Crippen molar-refractivity contribution in [1.82, 2.24) is 19.9 Å². The van der Waals surface area contributed by atoms with E-state index >= 15 is 0 Å². The predicted octanol–water partition coefficient (Wildman–Crippen LogP) is 2.64. The second-order valence-electron chi connectivity index (χ2n) is 5.85. The van der Waals surface area contributed by atoms with Crippen LogP contribution < -0.4 is 5.32 Å². The molecule has 5 nitrogen and oxygen atoms in total. The van der Waals surface area contributed by atoms with Gasteiger partial charge in [-0.15, -0.1) is 12.6 Å². The van der Waals surface area contributed by atoms with Gasteiger partial charge in [0.2, 0.25) is 5.95 Å². The summed E-state index contributed by atoms with van der Waals surface area (Å²) in [5.74, 6) is 1.40. The van der Waals surface area contributed by atoms with E-state index in [2.05, 4.69) is 79.3 Å². The van der Waals surface area contributed by atoms with Gasteiger partial charge in [-0.05, 0) is 41.5 Å². The quantitative estimate of drug-likeness (QED) is 0.758. The molecule has 114 valence electrons. The van der Waals surface area contributed by atoms with Crippen molar-refractivity contribution in [3.8, 4) is 0 Å². The highest BCUT2D eigenvalue weighted by molar-refractivity contribution is 7.80. The maximum absolute atomic E-state index is 4.46. The highest BCUT2D eigenvalue weighted by atomic mass is 32.1. The van der Waals surface area contributed by atoms with E-state index in [1.807, 2.05) is 0 Å². The lowest BCUT2D eigenvalue weighted by Crippen LogP contribution is -2.38. The Balaban J connectivity index is 2.74. The van der Waals surface area contributed by atoms with Crippen LogP contribution >= 0.6 is 12.6 Å². The van der Waals surface area contributed by atoms with Gasteiger partial charge in [-0.1, -0.05) is 0 Å². The average Bonchev–Trinajstić information content (AvgIpc) is 2.26. The Kier molecular flexibility index (Phi) is 6.68. The van der Waals surface area contributed by atoms with Crippen molar-refractivity contribution in [1.29, 1.82) is 0 Å². The summed E-state index contributed by atoms with van der Waals surface area (Å²) < 4.78 is 0. The number of hydrogen-bond acceptors (Lipinski definition) is 6. The molecule has 0 saturated heterocycles. The van der Waals surface area contributed by atoms with Gasteiger partial charge in [-0.25, -0.2) is 4.98 Å². The monoisotopic (exact) mass is 297 g/mol. The summed E-state index contributed by atoms with van der Waals surface area (Å²) in [6.45, 7) is 13.9. The van der Waals surface area contributed by atoms with E-state index in [4.69, 9.17) is 0 Å². The minimum absolute atomic E-state index is 0.292. The third-order valence-corrected chi connectivity index (χ3v) is 3.21. The van der Waals surface area contributed by atoms with Gasteiger partial charge in [0.1, 0.15) is 5.82 Å². The summed E-state index contributed by atoms with van der Waals surface area (Å²) in [5.41, 5.74) is 0. The first-order chi connectivity index (χ1) is 9.29. The minimum atomic E-state index is 0.292. The number of anilines is 1. The maximum atomic E-state index is 4.46. The molecule has 1 heterocycles. The molecule has 0 aromatic carbocycles. The van der Waals surface area contributed by atoms with E-state index in [1.54, 1.807) is 0 Å². The molecular weight excluding hydrogens is 270 g/mol. The lowest BCUT2D eigenvalue weighted by molar-refractivity contribution is 0.176. The summed E-state index contributed by atoms with van der Waals surface area (Å²) in [7, 11) is 0. The largest absolute Gasteiger partial charge is 0.352 e. The molecule has 0 fully saturated rings. The summed E-state index contributed by atoms with van der Waals surface area (Å²) in [6.07, 6.45) is 0.805. The van der Waals surface area contributed by atoms with Crippen LogP contribution in [0.15, 0.2) is 5.16 Å². The number of rotatable bonds is 7. The smallest absolute Gasteiger partial charge is 0.227 e. The zero-order chi connectivity index (χ0) is 15.3. The third kappa shape index (κ3) is 5.63. The van der Waals surface area contributed by atoms with E-state index in [0.717, 1.165) is 18.8 Å². The Morgan fingerprint density at radius 2 is 1.60 bits per heavy atom. The van der Waals surface area contributed by atoms with Gasteiger partial charge in [0, 0.05) is 31.1 Å². The van der Waals surface area contributed by atoms with Crippen molar-refractivity contribution < 1.29 is 0 Å². The first kappa shape index (κ1) is 17.2. The molecule has 0 saturated carbocycles. The van der Waals surface area contributed by atoms with Crippen LogP contribution in [-0.4, -0.2) is 44.5 Å². The highest BCUT2D eigenvalue weighted by Gasteiger charge is 2.14. The molecule has 6 heteroatoms. The Morgan fingerprint density at radius 3 is 2.10 bits per heavy atom. The lowest BCUT2D eigenvalue weighted by atomic mass is 10.2. The summed E-state index contributed by atoms with van der Waals surface area (Å²) in [5, 5.41) is 3.67. The van der Waals surface area contributed by atoms with Gasteiger partial charge < -0.3 is 5.32 Å². The number of hydrogen-bond donors (Lipinski definition) is 2. The van der Waals surface area contributed by atoms with Crippen LogP contribution in [0.2, 0.25) is 0 Å².